The van der Waals surface area contributed by atoms with Crippen molar-refractivity contribution >= 4 is 17.5 Å². The number of aromatic hydroxyl groups is 1. The normalized spacial score (nSPS) is 11.2. The van der Waals surface area contributed by atoms with Crippen molar-refractivity contribution in [3.8, 4) is 11.5 Å². The molecular weight excluding hydrogens is 338 g/mol. The molecule has 1 amide bonds. The Morgan fingerprint density at radius 3 is 2.56 bits per heavy atom. The highest BCUT2D eigenvalue weighted by Crippen LogP contribution is 2.28. The standard InChI is InChI=1S/C20H24ClNO3/c1-20(2,3)14-5-8-18(25-4)13(11-14)9-10-22-19(24)16-12-15(21)6-7-17(16)23/h5-8,11-12,23H,9-10H2,1-4H3,(H,22,24). The van der Waals surface area contributed by atoms with Gasteiger partial charge in [0.15, 0.2) is 0 Å². The molecule has 2 aromatic carbocycles. The van der Waals surface area contributed by atoms with Gasteiger partial charge in [0.05, 0.1) is 12.7 Å². The molecule has 5 heteroatoms. The van der Waals surface area contributed by atoms with Crippen LogP contribution >= 0.6 is 11.6 Å². The molecule has 0 bridgehead atoms. The molecule has 0 radical (unpaired) electrons. The largest absolute Gasteiger partial charge is 0.507 e. The second-order valence-corrected chi connectivity index (χ2v) is 7.38. The number of ether oxygens (including phenoxy) is 1. The van der Waals surface area contributed by atoms with Crippen molar-refractivity contribution in [3.63, 3.8) is 0 Å². The van der Waals surface area contributed by atoms with Crippen LogP contribution < -0.4 is 10.1 Å². The molecule has 2 rings (SSSR count). The van der Waals surface area contributed by atoms with Crippen LogP contribution in [-0.2, 0) is 11.8 Å². The van der Waals surface area contributed by atoms with Gasteiger partial charge in [-0.15, -0.1) is 0 Å². The van der Waals surface area contributed by atoms with E-state index in [1.807, 2.05) is 6.07 Å². The van der Waals surface area contributed by atoms with Crippen LogP contribution in [0.3, 0.4) is 0 Å². The van der Waals surface area contributed by atoms with Crippen molar-refractivity contribution in [1.29, 1.82) is 0 Å². The zero-order chi connectivity index (χ0) is 18.6. The maximum Gasteiger partial charge on any atom is 0.255 e. The zero-order valence-electron chi connectivity index (χ0n) is 15.0. The number of methoxy groups -OCH3 is 1. The van der Waals surface area contributed by atoms with E-state index in [-0.39, 0.29) is 22.6 Å². The molecule has 2 aromatic rings. The Kier molecular flexibility index (Phi) is 5.96. The van der Waals surface area contributed by atoms with Gasteiger partial charge in [0.1, 0.15) is 11.5 Å². The number of carbonyl (C=O) groups excluding carboxylic acids is 1. The fourth-order valence-corrected chi connectivity index (χ4v) is 2.71. The number of carbonyl (C=O) groups is 1. The summed E-state index contributed by atoms with van der Waals surface area (Å²) in [6.45, 7) is 6.89. The topological polar surface area (TPSA) is 58.6 Å². The van der Waals surface area contributed by atoms with Crippen molar-refractivity contribution in [2.75, 3.05) is 13.7 Å². The van der Waals surface area contributed by atoms with E-state index in [0.717, 1.165) is 11.3 Å². The lowest BCUT2D eigenvalue weighted by atomic mass is 9.85. The van der Waals surface area contributed by atoms with Crippen LogP contribution in [0.25, 0.3) is 0 Å². The molecule has 2 N–H and O–H groups in total. The molecule has 0 heterocycles. The molecular formula is C20H24ClNO3. The van der Waals surface area contributed by atoms with Crippen molar-refractivity contribution in [3.05, 3.63) is 58.1 Å². The molecule has 0 unspecified atom stereocenters. The summed E-state index contributed by atoms with van der Waals surface area (Å²) in [6, 6.07) is 10.5. The summed E-state index contributed by atoms with van der Waals surface area (Å²) in [6.07, 6.45) is 0.625. The van der Waals surface area contributed by atoms with Crippen LogP contribution in [0.4, 0.5) is 0 Å². The fraction of sp³-hybridized carbons (Fsp3) is 0.350. The summed E-state index contributed by atoms with van der Waals surface area (Å²) in [5.74, 6) is 0.355. The van der Waals surface area contributed by atoms with Crippen LogP contribution in [0.5, 0.6) is 11.5 Å². The summed E-state index contributed by atoms with van der Waals surface area (Å²) in [5, 5.41) is 13.0. The van der Waals surface area contributed by atoms with Gasteiger partial charge in [0.25, 0.3) is 5.91 Å². The van der Waals surface area contributed by atoms with Gasteiger partial charge in [-0.05, 0) is 47.2 Å². The third-order valence-corrected chi connectivity index (χ3v) is 4.26. The Hall–Kier alpha value is -2.20. The summed E-state index contributed by atoms with van der Waals surface area (Å²) in [4.78, 5) is 12.2. The zero-order valence-corrected chi connectivity index (χ0v) is 15.8. The third kappa shape index (κ3) is 4.89. The number of nitrogens with one attached hydrogen (secondary N) is 1. The van der Waals surface area contributed by atoms with E-state index in [1.165, 1.54) is 23.8 Å². The Morgan fingerprint density at radius 1 is 1.20 bits per heavy atom. The quantitative estimate of drug-likeness (QED) is 0.833. The second-order valence-electron chi connectivity index (χ2n) is 6.94. The van der Waals surface area contributed by atoms with Crippen molar-refractivity contribution in [2.45, 2.75) is 32.6 Å². The molecule has 0 aromatic heterocycles. The smallest absolute Gasteiger partial charge is 0.255 e. The maximum absolute atomic E-state index is 12.2. The van der Waals surface area contributed by atoms with Crippen LogP contribution in [0.1, 0.15) is 42.3 Å². The van der Waals surface area contributed by atoms with E-state index in [2.05, 4.69) is 38.2 Å². The maximum atomic E-state index is 12.2. The number of benzene rings is 2. The summed E-state index contributed by atoms with van der Waals surface area (Å²) < 4.78 is 5.42. The Balaban J connectivity index is 2.08. The van der Waals surface area contributed by atoms with Gasteiger partial charge in [-0.3, -0.25) is 4.79 Å². The molecule has 0 aliphatic rings. The van der Waals surface area contributed by atoms with Crippen molar-refractivity contribution in [2.24, 2.45) is 0 Å². The van der Waals surface area contributed by atoms with E-state index in [0.29, 0.717) is 18.0 Å². The molecule has 0 spiro atoms. The van der Waals surface area contributed by atoms with Gasteiger partial charge in [0.2, 0.25) is 0 Å². The molecule has 0 aliphatic carbocycles. The van der Waals surface area contributed by atoms with E-state index in [9.17, 15) is 9.90 Å². The first-order chi connectivity index (χ1) is 11.7. The minimum absolute atomic E-state index is 0.0385. The number of halogens is 1. The highest BCUT2D eigenvalue weighted by atomic mass is 35.5. The number of phenolic OH excluding ortho intramolecular Hbond substituents is 1. The van der Waals surface area contributed by atoms with Crippen LogP contribution in [0, 0.1) is 0 Å². The summed E-state index contributed by atoms with van der Waals surface area (Å²) in [5.41, 5.74) is 2.45. The van der Waals surface area contributed by atoms with Crippen molar-refractivity contribution < 1.29 is 14.6 Å². The first-order valence-electron chi connectivity index (χ1n) is 8.16. The number of amides is 1. The van der Waals surface area contributed by atoms with E-state index >= 15 is 0 Å². The molecule has 0 aliphatic heterocycles. The molecule has 4 nitrogen and oxygen atoms in total. The molecule has 0 fully saturated rings. The second kappa shape index (κ2) is 7.79. The Bertz CT molecular complexity index is 766. The molecule has 0 saturated heterocycles. The average molecular weight is 362 g/mol. The number of rotatable bonds is 5. The van der Waals surface area contributed by atoms with Gasteiger partial charge in [-0.2, -0.15) is 0 Å². The van der Waals surface area contributed by atoms with E-state index < -0.39 is 0 Å². The SMILES string of the molecule is COc1ccc(C(C)(C)C)cc1CCNC(=O)c1cc(Cl)ccc1O. The summed E-state index contributed by atoms with van der Waals surface area (Å²) >= 11 is 5.88. The van der Waals surface area contributed by atoms with Crippen LogP contribution in [0.2, 0.25) is 5.02 Å². The van der Waals surface area contributed by atoms with Crippen LogP contribution in [0.15, 0.2) is 36.4 Å². The van der Waals surface area contributed by atoms with Gasteiger partial charge in [-0.25, -0.2) is 0 Å². The van der Waals surface area contributed by atoms with E-state index in [1.54, 1.807) is 7.11 Å². The Morgan fingerprint density at radius 2 is 1.92 bits per heavy atom. The van der Waals surface area contributed by atoms with Gasteiger partial charge >= 0.3 is 0 Å². The molecule has 0 atom stereocenters. The number of hydrogen-bond donors (Lipinski definition) is 2. The minimum atomic E-state index is -0.356. The highest BCUT2D eigenvalue weighted by molar-refractivity contribution is 6.31. The van der Waals surface area contributed by atoms with Gasteiger partial charge in [0, 0.05) is 11.6 Å². The minimum Gasteiger partial charge on any atom is -0.507 e. The first kappa shape index (κ1) is 19.1. The third-order valence-electron chi connectivity index (χ3n) is 4.03. The number of phenols is 1. The molecule has 25 heavy (non-hydrogen) atoms. The van der Waals surface area contributed by atoms with Gasteiger partial charge in [-0.1, -0.05) is 44.5 Å². The lowest BCUT2D eigenvalue weighted by molar-refractivity contribution is 0.0951. The van der Waals surface area contributed by atoms with Crippen molar-refractivity contribution in [1.82, 2.24) is 5.32 Å². The van der Waals surface area contributed by atoms with Crippen LogP contribution in [-0.4, -0.2) is 24.7 Å². The lowest BCUT2D eigenvalue weighted by Gasteiger charge is -2.21. The van der Waals surface area contributed by atoms with E-state index in [4.69, 9.17) is 16.3 Å². The lowest BCUT2D eigenvalue weighted by Crippen LogP contribution is -2.26. The highest BCUT2D eigenvalue weighted by Gasteiger charge is 2.16. The fourth-order valence-electron chi connectivity index (χ4n) is 2.54. The molecule has 0 saturated carbocycles. The van der Waals surface area contributed by atoms with Gasteiger partial charge < -0.3 is 15.2 Å². The predicted octanol–water partition coefficient (Wildman–Crippen LogP) is 4.32. The Labute approximate surface area is 153 Å². The first-order valence-corrected chi connectivity index (χ1v) is 8.54. The average Bonchev–Trinajstić information content (AvgIpc) is 2.56. The number of hydrogen-bond acceptors (Lipinski definition) is 3. The monoisotopic (exact) mass is 361 g/mol. The molecule has 134 valence electrons. The predicted molar refractivity (Wildman–Crippen MR) is 101 cm³/mol. The summed E-state index contributed by atoms with van der Waals surface area (Å²) in [7, 11) is 1.64.